The Balaban J connectivity index is 0.00000208. The molecule has 0 aliphatic rings. The molecule has 0 aliphatic carbocycles. The maximum absolute atomic E-state index is 12.3. The second-order valence-electron chi connectivity index (χ2n) is 5.38. The predicted octanol–water partition coefficient (Wildman–Crippen LogP) is 0.989. The van der Waals surface area contributed by atoms with Crippen molar-refractivity contribution in [2.45, 2.75) is 32.4 Å². The number of hydrogen-bond acceptors (Lipinski definition) is 7. The summed E-state index contributed by atoms with van der Waals surface area (Å²) in [6.07, 6.45) is 1.13. The molecule has 0 aliphatic heterocycles. The van der Waals surface area contributed by atoms with Crippen molar-refractivity contribution >= 4 is 23.3 Å². The number of aryl methyl sites for hydroxylation is 2. The van der Waals surface area contributed by atoms with E-state index in [1.807, 2.05) is 26.1 Å². The number of likely N-dealkylation sites (N-methyl/N-ethyl adjacent to an activating group) is 1. The summed E-state index contributed by atoms with van der Waals surface area (Å²) in [4.78, 5) is 16.6. The summed E-state index contributed by atoms with van der Waals surface area (Å²) in [6.45, 7) is 2.39. The van der Waals surface area contributed by atoms with Crippen LogP contribution in [0.3, 0.4) is 0 Å². The average Bonchev–Trinajstić information content (AvgIpc) is 3.02. The smallest absolute Gasteiger partial charge is 0.277 e. The number of fused-ring (bicyclic) bond motifs is 1. The molecule has 0 radical (unpaired) electrons. The summed E-state index contributed by atoms with van der Waals surface area (Å²) in [5, 5.41) is 15.6. The third kappa shape index (κ3) is 3.95. The van der Waals surface area contributed by atoms with Gasteiger partial charge in [-0.05, 0) is 26.1 Å². The van der Waals surface area contributed by atoms with Crippen LogP contribution in [0.5, 0.6) is 0 Å². The largest absolute Gasteiger partial charge is 0.339 e. The van der Waals surface area contributed by atoms with Crippen molar-refractivity contribution in [2.24, 2.45) is 0 Å². The fourth-order valence-corrected chi connectivity index (χ4v) is 2.22. The highest BCUT2D eigenvalue weighted by Gasteiger charge is 2.11. The number of aromatic nitrogens is 5. The van der Waals surface area contributed by atoms with E-state index in [1.54, 1.807) is 12.1 Å². The lowest BCUT2D eigenvalue weighted by Crippen LogP contribution is -2.25. The fraction of sp³-hybridized carbons (Fsp3) is 0.400. The molecular formula is C15H19ClN6O2. The van der Waals surface area contributed by atoms with Crippen LogP contribution >= 0.6 is 12.4 Å². The quantitative estimate of drug-likeness (QED) is 0.707. The molecule has 0 saturated heterocycles. The molecule has 0 bridgehead atoms. The first-order chi connectivity index (χ1) is 11.2. The Labute approximate surface area is 144 Å². The number of halogens is 1. The van der Waals surface area contributed by atoms with Gasteiger partial charge < -0.3 is 9.84 Å². The van der Waals surface area contributed by atoms with E-state index < -0.39 is 0 Å². The summed E-state index contributed by atoms with van der Waals surface area (Å²) in [5.74, 6) is 1.14. The summed E-state index contributed by atoms with van der Waals surface area (Å²) in [6, 6.07) is 7.42. The van der Waals surface area contributed by atoms with Gasteiger partial charge in [0.25, 0.3) is 5.56 Å². The first-order valence-corrected chi connectivity index (χ1v) is 7.48. The van der Waals surface area contributed by atoms with E-state index >= 15 is 0 Å². The van der Waals surface area contributed by atoms with Crippen molar-refractivity contribution in [3.8, 4) is 0 Å². The van der Waals surface area contributed by atoms with Crippen molar-refractivity contribution in [3.63, 3.8) is 0 Å². The lowest BCUT2D eigenvalue weighted by molar-refractivity contribution is 0.360. The molecule has 0 spiro atoms. The molecule has 1 aromatic carbocycles. The number of nitrogens with zero attached hydrogens (tertiary/aromatic N) is 5. The van der Waals surface area contributed by atoms with E-state index in [0.717, 1.165) is 0 Å². The van der Waals surface area contributed by atoms with Gasteiger partial charge in [0.05, 0.1) is 11.9 Å². The minimum atomic E-state index is -0.167. The van der Waals surface area contributed by atoms with Gasteiger partial charge in [0.1, 0.15) is 5.52 Å². The topological polar surface area (TPSA) is 98.7 Å². The normalized spacial score (nSPS) is 12.1. The second-order valence-corrected chi connectivity index (χ2v) is 5.38. The van der Waals surface area contributed by atoms with Crippen LogP contribution in [0.4, 0.5) is 0 Å². The van der Waals surface area contributed by atoms with E-state index in [4.69, 9.17) is 4.52 Å². The molecule has 24 heavy (non-hydrogen) atoms. The van der Waals surface area contributed by atoms with Gasteiger partial charge in [0.2, 0.25) is 5.89 Å². The molecule has 3 rings (SSSR count). The summed E-state index contributed by atoms with van der Waals surface area (Å²) < 4.78 is 6.53. The summed E-state index contributed by atoms with van der Waals surface area (Å²) in [5.41, 5.74) is 0.425. The van der Waals surface area contributed by atoms with Crippen LogP contribution in [0.15, 0.2) is 33.6 Å². The number of benzene rings is 1. The zero-order valence-electron chi connectivity index (χ0n) is 13.5. The molecule has 128 valence electrons. The standard InChI is InChI=1S/C15H18N6O2.ClH/c1-10(16-2)9-13-17-14(23-19-13)7-8-21-15(22)11-5-3-4-6-12(11)18-20-21;/h3-6,10,16H,7-9H2,1-2H3;1H. The SMILES string of the molecule is CNC(C)Cc1noc(CCn2nnc3ccccc3c2=O)n1.Cl. The Morgan fingerprint density at radius 1 is 1.33 bits per heavy atom. The van der Waals surface area contributed by atoms with Crippen LogP contribution in [0.25, 0.3) is 10.9 Å². The van der Waals surface area contributed by atoms with Gasteiger partial charge in [-0.25, -0.2) is 4.68 Å². The highest BCUT2D eigenvalue weighted by molar-refractivity contribution is 5.85. The molecule has 0 saturated carbocycles. The molecule has 1 N–H and O–H groups in total. The van der Waals surface area contributed by atoms with E-state index in [2.05, 4.69) is 25.8 Å². The highest BCUT2D eigenvalue weighted by atomic mass is 35.5. The molecule has 3 aromatic rings. The lowest BCUT2D eigenvalue weighted by Gasteiger charge is -2.04. The van der Waals surface area contributed by atoms with Crippen LogP contribution in [0.1, 0.15) is 18.6 Å². The molecule has 0 fully saturated rings. The van der Waals surface area contributed by atoms with Crippen molar-refractivity contribution < 1.29 is 4.52 Å². The first kappa shape index (κ1) is 18.0. The van der Waals surface area contributed by atoms with Crippen LogP contribution in [-0.2, 0) is 19.4 Å². The minimum Gasteiger partial charge on any atom is -0.339 e. The Bertz CT molecular complexity index is 862. The minimum absolute atomic E-state index is 0. The molecule has 2 aromatic heterocycles. The summed E-state index contributed by atoms with van der Waals surface area (Å²) >= 11 is 0. The first-order valence-electron chi connectivity index (χ1n) is 7.48. The Morgan fingerprint density at radius 3 is 2.92 bits per heavy atom. The molecule has 2 heterocycles. The van der Waals surface area contributed by atoms with Crippen molar-refractivity contribution in [1.29, 1.82) is 0 Å². The Morgan fingerprint density at radius 2 is 2.12 bits per heavy atom. The third-order valence-corrected chi connectivity index (χ3v) is 3.66. The van der Waals surface area contributed by atoms with Crippen molar-refractivity contribution in [1.82, 2.24) is 30.5 Å². The zero-order valence-corrected chi connectivity index (χ0v) is 14.3. The average molecular weight is 351 g/mol. The van der Waals surface area contributed by atoms with Crippen molar-refractivity contribution in [2.75, 3.05) is 7.05 Å². The van der Waals surface area contributed by atoms with E-state index in [9.17, 15) is 4.79 Å². The van der Waals surface area contributed by atoms with Crippen LogP contribution in [-0.4, -0.2) is 38.2 Å². The van der Waals surface area contributed by atoms with Gasteiger partial charge in [-0.15, -0.1) is 17.5 Å². The van der Waals surface area contributed by atoms with E-state index in [1.165, 1.54) is 4.68 Å². The van der Waals surface area contributed by atoms with E-state index in [-0.39, 0.29) is 24.0 Å². The second kappa shape index (κ2) is 7.98. The highest BCUT2D eigenvalue weighted by Crippen LogP contribution is 2.05. The number of hydrogen-bond donors (Lipinski definition) is 1. The molecule has 8 nitrogen and oxygen atoms in total. The van der Waals surface area contributed by atoms with Crippen molar-refractivity contribution in [3.05, 3.63) is 46.3 Å². The van der Waals surface area contributed by atoms with Gasteiger partial charge in [0, 0.05) is 18.9 Å². The van der Waals surface area contributed by atoms with Gasteiger partial charge >= 0.3 is 0 Å². The van der Waals surface area contributed by atoms with Gasteiger partial charge in [0.15, 0.2) is 5.82 Å². The van der Waals surface area contributed by atoms with Gasteiger partial charge in [-0.2, -0.15) is 4.98 Å². The summed E-state index contributed by atoms with van der Waals surface area (Å²) in [7, 11) is 1.89. The van der Waals surface area contributed by atoms with E-state index in [0.29, 0.717) is 42.0 Å². The van der Waals surface area contributed by atoms with Crippen LogP contribution < -0.4 is 10.9 Å². The van der Waals surface area contributed by atoms with Crippen LogP contribution in [0.2, 0.25) is 0 Å². The van der Waals surface area contributed by atoms with Gasteiger partial charge in [-0.1, -0.05) is 22.5 Å². The number of nitrogens with one attached hydrogen (secondary N) is 1. The Hall–Kier alpha value is -2.32. The lowest BCUT2D eigenvalue weighted by atomic mass is 10.2. The monoisotopic (exact) mass is 350 g/mol. The molecule has 1 unspecified atom stereocenters. The van der Waals surface area contributed by atoms with Crippen LogP contribution in [0, 0.1) is 0 Å². The molecule has 0 amide bonds. The fourth-order valence-electron chi connectivity index (χ4n) is 2.22. The molecular weight excluding hydrogens is 332 g/mol. The zero-order chi connectivity index (χ0) is 16.2. The molecule has 1 atom stereocenters. The number of rotatable bonds is 6. The maximum Gasteiger partial charge on any atom is 0.277 e. The predicted molar refractivity (Wildman–Crippen MR) is 91.3 cm³/mol. The molecule has 9 heteroatoms. The third-order valence-electron chi connectivity index (χ3n) is 3.66. The maximum atomic E-state index is 12.3. The Kier molecular flexibility index (Phi) is 5.99. The van der Waals surface area contributed by atoms with Gasteiger partial charge in [-0.3, -0.25) is 4.79 Å².